The quantitative estimate of drug-likeness (QED) is 0.561. The second kappa shape index (κ2) is 11.2. The third kappa shape index (κ3) is 8.48. The van der Waals surface area contributed by atoms with Gasteiger partial charge in [-0.25, -0.2) is 0 Å². The Labute approximate surface area is 180 Å². The Kier molecular flexibility index (Phi) is 9.70. The number of amides is 1. The Balaban J connectivity index is 0.00000420. The summed E-state index contributed by atoms with van der Waals surface area (Å²) in [6.07, 6.45) is -0.867. The molecule has 29 heavy (non-hydrogen) atoms. The van der Waals surface area contributed by atoms with Crippen molar-refractivity contribution in [3.05, 3.63) is 76.3 Å². The maximum atomic E-state index is 12.6. The lowest BCUT2D eigenvalue weighted by Gasteiger charge is -2.20. The molecule has 0 aliphatic carbocycles. The summed E-state index contributed by atoms with van der Waals surface area (Å²) < 4.78 is 37.8. The van der Waals surface area contributed by atoms with Gasteiger partial charge in [-0.1, -0.05) is 35.9 Å². The van der Waals surface area contributed by atoms with Crippen LogP contribution < -0.4 is 5.32 Å². The minimum Gasteiger partial charge on any atom is -0.346 e. The van der Waals surface area contributed by atoms with Crippen LogP contribution in [0.5, 0.6) is 0 Å². The van der Waals surface area contributed by atoms with Crippen molar-refractivity contribution in [3.8, 4) is 0 Å². The van der Waals surface area contributed by atoms with Crippen molar-refractivity contribution in [3.63, 3.8) is 0 Å². The van der Waals surface area contributed by atoms with E-state index in [4.69, 9.17) is 11.6 Å². The highest BCUT2D eigenvalue weighted by Gasteiger charge is 2.29. The number of alkyl halides is 3. The zero-order chi connectivity index (χ0) is 20.7. The summed E-state index contributed by atoms with van der Waals surface area (Å²) in [5.74, 6) is -0.321. The van der Waals surface area contributed by atoms with Gasteiger partial charge >= 0.3 is 6.18 Å². The summed E-state index contributed by atoms with van der Waals surface area (Å²) in [6, 6.07) is 11.7. The number of hydrogen-bond acceptors (Lipinski definition) is 2. The summed E-state index contributed by atoms with van der Waals surface area (Å²) in [5.41, 5.74) is 0.725. The fraction of sp³-hybridized carbons (Fsp3) is 0.286. The van der Waals surface area contributed by atoms with Crippen molar-refractivity contribution in [2.24, 2.45) is 0 Å². The molecule has 0 saturated carbocycles. The van der Waals surface area contributed by atoms with E-state index in [1.165, 1.54) is 24.3 Å². The number of benzene rings is 2. The molecule has 1 amide bonds. The van der Waals surface area contributed by atoms with Gasteiger partial charge in [0.2, 0.25) is 5.91 Å². The third-order valence-electron chi connectivity index (χ3n) is 4.12. The van der Waals surface area contributed by atoms with Gasteiger partial charge in [-0.3, -0.25) is 4.79 Å². The minimum absolute atomic E-state index is 0. The average molecular weight is 447 g/mol. The topological polar surface area (TPSA) is 32.3 Å². The molecular weight excluding hydrogens is 424 g/mol. The average Bonchev–Trinajstić information content (AvgIpc) is 2.63. The first-order valence-electron chi connectivity index (χ1n) is 8.71. The number of carbonyl (C=O) groups excluding carboxylic acids is 1. The molecule has 2 aromatic carbocycles. The molecule has 0 spiro atoms. The molecule has 0 bridgehead atoms. The number of rotatable bonds is 7. The second-order valence-electron chi connectivity index (χ2n) is 6.66. The Morgan fingerprint density at radius 2 is 1.69 bits per heavy atom. The Morgan fingerprint density at radius 3 is 2.21 bits per heavy atom. The van der Waals surface area contributed by atoms with Gasteiger partial charge in [0, 0.05) is 11.1 Å². The number of nitrogens with one attached hydrogen (secondary N) is 1. The van der Waals surface area contributed by atoms with E-state index in [-0.39, 0.29) is 24.4 Å². The molecule has 0 aromatic heterocycles. The van der Waals surface area contributed by atoms with E-state index in [9.17, 15) is 18.0 Å². The predicted octanol–water partition coefficient (Wildman–Crippen LogP) is 5.60. The van der Waals surface area contributed by atoms with Gasteiger partial charge < -0.3 is 10.2 Å². The second-order valence-corrected chi connectivity index (χ2v) is 7.09. The van der Waals surface area contributed by atoms with E-state index in [1.54, 1.807) is 12.1 Å². The van der Waals surface area contributed by atoms with Gasteiger partial charge in [0.25, 0.3) is 0 Å². The molecule has 0 heterocycles. The number of nitrogens with zero attached hydrogens (tertiary/aromatic N) is 1. The van der Waals surface area contributed by atoms with E-state index in [2.05, 4.69) is 5.32 Å². The molecule has 0 radical (unpaired) electrons. The van der Waals surface area contributed by atoms with E-state index >= 15 is 0 Å². The number of halogens is 5. The van der Waals surface area contributed by atoms with Crippen LogP contribution in [0.25, 0.3) is 6.08 Å². The molecule has 3 nitrogen and oxygen atoms in total. The van der Waals surface area contributed by atoms with Crippen molar-refractivity contribution < 1.29 is 18.0 Å². The first-order valence-corrected chi connectivity index (χ1v) is 9.09. The number of hydrogen-bond donors (Lipinski definition) is 1. The molecular formula is C21H23Cl2F3N2O. The zero-order valence-corrected chi connectivity index (χ0v) is 17.6. The molecule has 0 saturated heterocycles. The van der Waals surface area contributed by atoms with Crippen LogP contribution in [0.3, 0.4) is 0 Å². The highest BCUT2D eigenvalue weighted by molar-refractivity contribution is 6.30. The molecule has 0 fully saturated rings. The molecule has 158 valence electrons. The Hall–Kier alpha value is -2.02. The molecule has 1 N–H and O–H groups in total. The van der Waals surface area contributed by atoms with Crippen molar-refractivity contribution in [2.45, 2.75) is 18.6 Å². The van der Waals surface area contributed by atoms with E-state index < -0.39 is 11.7 Å². The van der Waals surface area contributed by atoms with Crippen LogP contribution in [-0.4, -0.2) is 31.4 Å². The van der Waals surface area contributed by atoms with E-state index in [0.717, 1.165) is 24.2 Å². The molecule has 1 unspecified atom stereocenters. The maximum absolute atomic E-state index is 12.6. The van der Waals surface area contributed by atoms with Crippen LogP contribution in [-0.2, 0) is 11.0 Å². The van der Waals surface area contributed by atoms with Crippen molar-refractivity contribution in [2.75, 3.05) is 20.6 Å². The number of carbonyl (C=O) groups is 1. The first-order chi connectivity index (χ1) is 13.1. The lowest BCUT2D eigenvalue weighted by Crippen LogP contribution is -2.29. The Morgan fingerprint density at radius 1 is 1.10 bits per heavy atom. The summed E-state index contributed by atoms with van der Waals surface area (Å²) in [5, 5.41) is 3.55. The molecule has 8 heteroatoms. The van der Waals surface area contributed by atoms with E-state index in [0.29, 0.717) is 17.0 Å². The lowest BCUT2D eigenvalue weighted by atomic mass is 10.0. The SMILES string of the molecule is CN(C)CCC(NC(=O)/C=C/c1ccc(C(F)(F)F)cc1)c1ccc(Cl)cc1.Cl. The molecule has 0 aliphatic heterocycles. The fourth-order valence-corrected chi connectivity index (χ4v) is 2.71. The van der Waals surface area contributed by atoms with Crippen LogP contribution >= 0.6 is 24.0 Å². The van der Waals surface area contributed by atoms with Crippen LogP contribution in [0.2, 0.25) is 5.02 Å². The lowest BCUT2D eigenvalue weighted by molar-refractivity contribution is -0.137. The molecule has 2 rings (SSSR count). The standard InChI is InChI=1S/C21H22ClF3N2O.ClH/c1-27(2)14-13-19(16-6-10-18(22)11-7-16)26-20(28)12-5-15-3-8-17(9-4-15)21(23,24)25;/h3-12,19H,13-14H2,1-2H3,(H,26,28);1H/b12-5+;. The minimum atomic E-state index is -4.38. The summed E-state index contributed by atoms with van der Waals surface area (Å²) >= 11 is 5.93. The highest BCUT2D eigenvalue weighted by atomic mass is 35.5. The van der Waals surface area contributed by atoms with Crippen LogP contribution in [0.15, 0.2) is 54.6 Å². The molecule has 2 aromatic rings. The third-order valence-corrected chi connectivity index (χ3v) is 4.37. The van der Waals surface area contributed by atoms with Gasteiger partial charge in [0.05, 0.1) is 11.6 Å². The van der Waals surface area contributed by atoms with Crippen molar-refractivity contribution >= 4 is 36.0 Å². The monoisotopic (exact) mass is 446 g/mol. The summed E-state index contributed by atoms with van der Waals surface area (Å²) in [6.45, 7) is 0.774. The van der Waals surface area contributed by atoms with Crippen LogP contribution in [0, 0.1) is 0 Å². The highest BCUT2D eigenvalue weighted by Crippen LogP contribution is 2.29. The normalized spacial score (nSPS) is 12.7. The van der Waals surface area contributed by atoms with Crippen LogP contribution in [0.4, 0.5) is 13.2 Å². The maximum Gasteiger partial charge on any atom is 0.416 e. The smallest absolute Gasteiger partial charge is 0.346 e. The van der Waals surface area contributed by atoms with Gasteiger partial charge in [-0.2, -0.15) is 13.2 Å². The van der Waals surface area contributed by atoms with Gasteiger partial charge in [0.1, 0.15) is 0 Å². The molecule has 1 atom stereocenters. The largest absolute Gasteiger partial charge is 0.416 e. The molecule has 0 aliphatic rings. The van der Waals surface area contributed by atoms with E-state index in [1.807, 2.05) is 31.1 Å². The fourth-order valence-electron chi connectivity index (χ4n) is 2.58. The summed E-state index contributed by atoms with van der Waals surface area (Å²) in [4.78, 5) is 14.3. The van der Waals surface area contributed by atoms with Gasteiger partial charge in [0.15, 0.2) is 0 Å². The first kappa shape index (κ1) is 25.0. The van der Waals surface area contributed by atoms with Gasteiger partial charge in [-0.05, 0) is 68.5 Å². The van der Waals surface area contributed by atoms with Gasteiger partial charge in [-0.15, -0.1) is 12.4 Å². The van der Waals surface area contributed by atoms with Crippen LogP contribution in [0.1, 0.15) is 29.2 Å². The van der Waals surface area contributed by atoms with Crippen molar-refractivity contribution in [1.82, 2.24) is 10.2 Å². The predicted molar refractivity (Wildman–Crippen MR) is 113 cm³/mol. The van der Waals surface area contributed by atoms with Crippen molar-refractivity contribution in [1.29, 1.82) is 0 Å². The summed E-state index contributed by atoms with van der Waals surface area (Å²) in [7, 11) is 3.90. The zero-order valence-electron chi connectivity index (χ0n) is 16.0. The Bertz CT molecular complexity index is 804.